The molecular weight excluding hydrogens is 456 g/mol. The van der Waals surface area contributed by atoms with Gasteiger partial charge in [-0.2, -0.15) is 4.98 Å². The fourth-order valence-corrected chi connectivity index (χ4v) is 4.21. The fourth-order valence-electron chi connectivity index (χ4n) is 3.87. The van der Waals surface area contributed by atoms with E-state index in [9.17, 15) is 9.59 Å². The summed E-state index contributed by atoms with van der Waals surface area (Å²) in [5.74, 6) is 1.01. The first kappa shape index (κ1) is 24.1. The van der Waals surface area contributed by atoms with Gasteiger partial charge in [0.05, 0.1) is 0 Å². The van der Waals surface area contributed by atoms with Crippen LogP contribution in [0.4, 0.5) is 4.79 Å². The van der Waals surface area contributed by atoms with Gasteiger partial charge in [0.2, 0.25) is 5.88 Å². The minimum Gasteiger partial charge on any atom is -0.474 e. The smallest absolute Gasteiger partial charge is 0.410 e. The molecule has 11 heteroatoms. The van der Waals surface area contributed by atoms with Crippen LogP contribution < -0.4 is 10.3 Å². The molecule has 0 unspecified atom stereocenters. The number of amides is 1. The second kappa shape index (κ2) is 9.65. The molecule has 3 aromatic rings. The van der Waals surface area contributed by atoms with Gasteiger partial charge in [-0.3, -0.25) is 4.79 Å². The Kier molecular flexibility index (Phi) is 6.83. The third-order valence-corrected chi connectivity index (χ3v) is 6.00. The summed E-state index contributed by atoms with van der Waals surface area (Å²) < 4.78 is 14.9. The van der Waals surface area contributed by atoms with Gasteiger partial charge < -0.3 is 14.4 Å². The average Bonchev–Trinajstić information content (AvgIpc) is 3.09. The second-order valence-corrected chi connectivity index (χ2v) is 9.82. The molecule has 0 atom stereocenters. The minimum atomic E-state index is -0.516. The third kappa shape index (κ3) is 5.03. The molecule has 4 rings (SSSR count). The molecule has 10 nitrogen and oxygen atoms in total. The Bertz CT molecular complexity index is 1240. The van der Waals surface area contributed by atoms with E-state index in [2.05, 4.69) is 15.0 Å². The molecule has 4 heterocycles. The Morgan fingerprint density at radius 1 is 1.21 bits per heavy atom. The van der Waals surface area contributed by atoms with Gasteiger partial charge in [0.25, 0.3) is 5.56 Å². The van der Waals surface area contributed by atoms with Crippen LogP contribution in [0.5, 0.6) is 5.88 Å². The molecule has 0 bridgehead atoms. The highest BCUT2D eigenvalue weighted by atomic mass is 32.2. The normalized spacial score (nSPS) is 15.0. The molecule has 1 aliphatic heterocycles. The summed E-state index contributed by atoms with van der Waals surface area (Å²) in [6.45, 7) is 9.06. The molecule has 0 radical (unpaired) electrons. The first-order chi connectivity index (χ1) is 16.2. The molecule has 1 saturated heterocycles. The molecule has 182 valence electrons. The Labute approximate surface area is 202 Å². The zero-order chi connectivity index (χ0) is 24.5. The predicted molar refractivity (Wildman–Crippen MR) is 130 cm³/mol. The van der Waals surface area contributed by atoms with E-state index in [1.807, 2.05) is 46.1 Å². The molecule has 34 heavy (non-hydrogen) atoms. The highest BCUT2D eigenvalue weighted by molar-refractivity contribution is 7.98. The standard InChI is InChI=1S/C23H30N6O4S/c1-6-28-20(30)16-14-24-21(34-5)26-19(16)29(28)17-8-7-9-18(25-17)32-15-10-12-27(13-11-15)22(31)33-23(2,3)4/h7-9,14-15H,6,10-13H2,1-5H3. The summed E-state index contributed by atoms with van der Waals surface area (Å²) in [6.07, 6.45) is 4.46. The zero-order valence-corrected chi connectivity index (χ0v) is 21.0. The largest absolute Gasteiger partial charge is 0.474 e. The number of fused-ring (bicyclic) bond motifs is 1. The minimum absolute atomic E-state index is 0.0679. The Morgan fingerprint density at radius 3 is 2.59 bits per heavy atom. The monoisotopic (exact) mass is 486 g/mol. The van der Waals surface area contributed by atoms with E-state index in [0.717, 1.165) is 0 Å². The number of aromatic nitrogens is 5. The second-order valence-electron chi connectivity index (χ2n) is 9.05. The van der Waals surface area contributed by atoms with Crippen molar-refractivity contribution in [1.82, 2.24) is 29.2 Å². The van der Waals surface area contributed by atoms with Crippen molar-refractivity contribution in [2.45, 2.75) is 63.9 Å². The van der Waals surface area contributed by atoms with E-state index in [1.54, 1.807) is 26.5 Å². The number of carbonyl (C=O) groups excluding carboxylic acids is 1. The van der Waals surface area contributed by atoms with Crippen molar-refractivity contribution in [3.8, 4) is 11.7 Å². The first-order valence-corrected chi connectivity index (χ1v) is 12.6. The third-order valence-electron chi connectivity index (χ3n) is 5.44. The number of hydrogen-bond donors (Lipinski definition) is 0. The average molecular weight is 487 g/mol. The quantitative estimate of drug-likeness (QED) is 0.399. The number of carbonyl (C=O) groups is 1. The van der Waals surface area contributed by atoms with Crippen LogP contribution in [0.2, 0.25) is 0 Å². The van der Waals surface area contributed by atoms with Gasteiger partial charge in [-0.1, -0.05) is 17.8 Å². The predicted octanol–water partition coefficient (Wildman–Crippen LogP) is 3.50. The number of likely N-dealkylation sites (tertiary alicyclic amines) is 1. The molecule has 0 saturated carbocycles. The Hall–Kier alpha value is -3.08. The lowest BCUT2D eigenvalue weighted by Crippen LogP contribution is -2.44. The van der Waals surface area contributed by atoms with E-state index < -0.39 is 5.60 Å². The van der Waals surface area contributed by atoms with E-state index in [0.29, 0.717) is 60.4 Å². The first-order valence-electron chi connectivity index (χ1n) is 11.3. The molecule has 1 aliphatic rings. The van der Waals surface area contributed by atoms with Crippen LogP contribution in [-0.4, -0.2) is 66.4 Å². The lowest BCUT2D eigenvalue weighted by atomic mass is 10.1. The lowest BCUT2D eigenvalue weighted by molar-refractivity contribution is 0.0123. The summed E-state index contributed by atoms with van der Waals surface area (Å²) >= 11 is 1.41. The highest BCUT2D eigenvalue weighted by Gasteiger charge is 2.28. The van der Waals surface area contributed by atoms with E-state index >= 15 is 0 Å². The molecule has 0 aromatic carbocycles. The summed E-state index contributed by atoms with van der Waals surface area (Å²) in [5.41, 5.74) is -0.160. The van der Waals surface area contributed by atoms with Gasteiger partial charge in [0, 0.05) is 44.7 Å². The van der Waals surface area contributed by atoms with Crippen LogP contribution >= 0.6 is 11.8 Å². The maximum atomic E-state index is 12.9. The van der Waals surface area contributed by atoms with Crippen LogP contribution in [0.15, 0.2) is 34.3 Å². The van der Waals surface area contributed by atoms with Gasteiger partial charge in [-0.25, -0.2) is 24.1 Å². The SMILES string of the molecule is CCn1c(=O)c2cnc(SC)nc2n1-c1cccc(OC2CCN(C(=O)OC(C)(C)C)CC2)n1. The highest BCUT2D eigenvalue weighted by Crippen LogP contribution is 2.22. The van der Waals surface area contributed by atoms with Crippen LogP contribution in [-0.2, 0) is 11.3 Å². The molecular formula is C23H30N6O4S. The number of pyridine rings is 1. The van der Waals surface area contributed by atoms with Gasteiger partial charge in [0.15, 0.2) is 16.6 Å². The molecule has 0 aliphatic carbocycles. The number of nitrogens with zero attached hydrogens (tertiary/aromatic N) is 6. The number of hydrogen-bond acceptors (Lipinski definition) is 8. The van der Waals surface area contributed by atoms with Crippen LogP contribution in [0.1, 0.15) is 40.5 Å². The van der Waals surface area contributed by atoms with E-state index in [-0.39, 0.29) is 17.8 Å². The number of thioether (sulfide) groups is 1. The molecule has 1 fully saturated rings. The summed E-state index contributed by atoms with van der Waals surface area (Å²) in [6, 6.07) is 5.47. The number of rotatable bonds is 5. The van der Waals surface area contributed by atoms with E-state index in [4.69, 9.17) is 9.47 Å². The lowest BCUT2D eigenvalue weighted by Gasteiger charge is -2.33. The van der Waals surface area contributed by atoms with Crippen molar-refractivity contribution in [3.63, 3.8) is 0 Å². The van der Waals surface area contributed by atoms with Crippen molar-refractivity contribution < 1.29 is 14.3 Å². The van der Waals surface area contributed by atoms with Crippen molar-refractivity contribution in [2.75, 3.05) is 19.3 Å². The summed E-state index contributed by atoms with van der Waals surface area (Å²) in [5, 5.41) is 1.03. The van der Waals surface area contributed by atoms with Crippen molar-refractivity contribution in [2.24, 2.45) is 0 Å². The van der Waals surface area contributed by atoms with Crippen LogP contribution in [0.25, 0.3) is 16.9 Å². The van der Waals surface area contributed by atoms with E-state index in [1.165, 1.54) is 11.8 Å². The van der Waals surface area contributed by atoms with Gasteiger partial charge in [-0.05, 0) is 40.0 Å². The van der Waals surface area contributed by atoms with Crippen molar-refractivity contribution >= 4 is 28.9 Å². The number of piperidine rings is 1. The molecule has 0 N–H and O–H groups in total. The Morgan fingerprint density at radius 2 is 1.94 bits per heavy atom. The van der Waals surface area contributed by atoms with Crippen molar-refractivity contribution in [3.05, 3.63) is 34.7 Å². The summed E-state index contributed by atoms with van der Waals surface area (Å²) in [7, 11) is 0. The van der Waals surface area contributed by atoms with Gasteiger partial charge in [0.1, 0.15) is 17.1 Å². The van der Waals surface area contributed by atoms with Crippen LogP contribution in [0, 0.1) is 0 Å². The van der Waals surface area contributed by atoms with Gasteiger partial charge >= 0.3 is 6.09 Å². The molecule has 3 aromatic heterocycles. The summed E-state index contributed by atoms with van der Waals surface area (Å²) in [4.78, 5) is 40.4. The fraction of sp³-hybridized carbons (Fsp3) is 0.522. The van der Waals surface area contributed by atoms with Crippen molar-refractivity contribution in [1.29, 1.82) is 0 Å². The molecule has 0 spiro atoms. The van der Waals surface area contributed by atoms with Gasteiger partial charge in [-0.15, -0.1) is 0 Å². The maximum absolute atomic E-state index is 12.9. The molecule has 1 amide bonds. The zero-order valence-electron chi connectivity index (χ0n) is 20.1. The van der Waals surface area contributed by atoms with Crippen LogP contribution in [0.3, 0.4) is 0 Å². The topological polar surface area (TPSA) is 104 Å². The maximum Gasteiger partial charge on any atom is 0.410 e. The Balaban J connectivity index is 1.53. The number of ether oxygens (including phenoxy) is 2.